The number of ether oxygens (including phenoxy) is 12. The van der Waals surface area contributed by atoms with E-state index in [0.29, 0.717) is 0 Å². The third-order valence-corrected chi connectivity index (χ3v) is 12.0. The number of imide groups is 1. The summed E-state index contributed by atoms with van der Waals surface area (Å²) in [5.41, 5.74) is 3.35. The molecule has 4 aromatic rings. The van der Waals surface area contributed by atoms with E-state index in [-0.39, 0.29) is 26.4 Å². The number of carbonyl (C=O) groups excluding carboxylic acids is 6. The fraction of sp³-hybridized carbons (Fsp3) is 0.434. The first-order chi connectivity index (χ1) is 34.7. The fourth-order valence-corrected chi connectivity index (χ4v) is 8.84. The molecule has 19 nitrogen and oxygen atoms in total. The van der Waals surface area contributed by atoms with Gasteiger partial charge in [0.25, 0.3) is 5.79 Å². The first-order valence-corrected chi connectivity index (χ1v) is 23.4. The van der Waals surface area contributed by atoms with Gasteiger partial charge in [0.1, 0.15) is 49.3 Å². The van der Waals surface area contributed by atoms with Crippen LogP contribution in [0.5, 0.6) is 0 Å². The van der Waals surface area contributed by atoms with Crippen LogP contribution in [0.4, 0.5) is 4.79 Å². The van der Waals surface area contributed by atoms with Crippen molar-refractivity contribution in [2.75, 3.05) is 20.3 Å². The number of carbonyl (C=O) groups is 6. The number of nitrogens with zero attached hydrogens (tertiary/aromatic N) is 1. The second-order valence-electron chi connectivity index (χ2n) is 17.3. The number of fused-ring (bicyclic) bond motifs is 1. The van der Waals surface area contributed by atoms with Crippen molar-refractivity contribution < 1.29 is 85.6 Å². The molecule has 3 fully saturated rings. The third-order valence-electron chi connectivity index (χ3n) is 12.0. The average Bonchev–Trinajstić information content (AvgIpc) is 3.72. The van der Waals surface area contributed by atoms with Crippen LogP contribution >= 0.6 is 0 Å². The lowest BCUT2D eigenvalue weighted by Gasteiger charge is -2.48. The molecule has 11 atom stereocenters. The van der Waals surface area contributed by atoms with E-state index >= 15 is 0 Å². The molecule has 3 aliphatic rings. The second-order valence-corrected chi connectivity index (χ2v) is 17.3. The summed E-state index contributed by atoms with van der Waals surface area (Å²) in [6.45, 7) is 3.47. The molecular formula is C53H59NO18. The summed E-state index contributed by atoms with van der Waals surface area (Å²) in [7, 11) is 1.07. The molecule has 0 aliphatic carbocycles. The molecule has 0 radical (unpaired) electrons. The Bertz CT molecular complexity index is 2430. The molecule has 3 saturated heterocycles. The van der Waals surface area contributed by atoms with E-state index in [1.165, 1.54) is 0 Å². The Morgan fingerprint density at radius 3 is 1.60 bits per heavy atom. The molecule has 0 N–H and O–H groups in total. The number of methoxy groups -OCH3 is 1. The molecule has 7 rings (SSSR count). The van der Waals surface area contributed by atoms with Gasteiger partial charge in [-0.15, -0.1) is 0 Å². The van der Waals surface area contributed by atoms with Crippen molar-refractivity contribution >= 4 is 35.9 Å². The lowest BCUT2D eigenvalue weighted by molar-refractivity contribution is -0.351. The number of rotatable bonds is 22. The highest BCUT2D eigenvalue weighted by Gasteiger charge is 2.65. The van der Waals surface area contributed by atoms with Gasteiger partial charge >= 0.3 is 30.0 Å². The molecule has 3 aliphatic heterocycles. The number of benzene rings is 4. The lowest BCUT2D eigenvalue weighted by Crippen LogP contribution is -2.68. The maximum absolute atomic E-state index is 14.4. The summed E-state index contributed by atoms with van der Waals surface area (Å²) in [5, 5.41) is 0. The zero-order valence-corrected chi connectivity index (χ0v) is 40.6. The number of hydrogen-bond donors (Lipinski definition) is 0. The van der Waals surface area contributed by atoms with Crippen molar-refractivity contribution in [2.45, 2.75) is 127 Å². The topological polar surface area (TPSA) is 216 Å². The molecule has 0 aromatic heterocycles. The summed E-state index contributed by atoms with van der Waals surface area (Å²) in [6, 6.07) is 36.4. The van der Waals surface area contributed by atoms with Gasteiger partial charge in [-0.25, -0.2) is 14.5 Å². The Morgan fingerprint density at radius 1 is 0.639 bits per heavy atom. The van der Waals surface area contributed by atoms with Crippen molar-refractivity contribution in [3.8, 4) is 0 Å². The highest BCUT2D eigenvalue weighted by molar-refractivity contribution is 5.93. The zero-order chi connectivity index (χ0) is 51.2. The molecule has 384 valence electrons. The Labute approximate surface area is 416 Å². The van der Waals surface area contributed by atoms with Crippen LogP contribution in [0.25, 0.3) is 0 Å². The largest absolute Gasteiger partial charge is 0.465 e. The van der Waals surface area contributed by atoms with E-state index in [2.05, 4.69) is 0 Å². The van der Waals surface area contributed by atoms with Crippen LogP contribution in [0.1, 0.15) is 56.4 Å². The predicted molar refractivity (Wildman–Crippen MR) is 249 cm³/mol. The number of hydrogen-bond acceptors (Lipinski definition) is 18. The van der Waals surface area contributed by atoms with Gasteiger partial charge in [0, 0.05) is 27.7 Å². The maximum atomic E-state index is 14.4. The van der Waals surface area contributed by atoms with Crippen LogP contribution < -0.4 is 0 Å². The van der Waals surface area contributed by atoms with E-state index in [0.717, 1.165) is 62.0 Å². The molecule has 7 unspecified atom stereocenters. The smallest absolute Gasteiger partial charge is 0.417 e. The Morgan fingerprint density at radius 2 is 1.12 bits per heavy atom. The van der Waals surface area contributed by atoms with Crippen molar-refractivity contribution in [3.05, 3.63) is 144 Å². The first kappa shape index (κ1) is 53.2. The molecule has 0 saturated carbocycles. The minimum absolute atomic E-state index is 0.0583. The van der Waals surface area contributed by atoms with Crippen LogP contribution in [0.2, 0.25) is 0 Å². The Hall–Kier alpha value is -6.58. The fourth-order valence-electron chi connectivity index (χ4n) is 8.84. The SMILES string of the molecule is COC(=O)[C@@]1(OCC2OC(OCc3ccccc3)C(OCc3ccccc3)C(OCc3ccccc3)C2OCc2ccccc2)C[C@H]2OC(=O)N(C(C)=O)C2C([C@H](OC(C)=O)[C@@H](COC(C)=O)OC(C)=O)O1. The Balaban J connectivity index is 1.30. The van der Waals surface area contributed by atoms with Crippen LogP contribution in [0.3, 0.4) is 0 Å². The van der Waals surface area contributed by atoms with E-state index in [4.69, 9.17) is 56.8 Å². The van der Waals surface area contributed by atoms with Crippen LogP contribution in [-0.4, -0.2) is 128 Å². The normalized spacial score (nSPS) is 25.5. The van der Waals surface area contributed by atoms with Gasteiger partial charge in [-0.2, -0.15) is 0 Å². The van der Waals surface area contributed by atoms with Gasteiger partial charge in [0.05, 0.1) is 46.6 Å². The van der Waals surface area contributed by atoms with Gasteiger partial charge in [-0.05, 0) is 22.3 Å². The highest BCUT2D eigenvalue weighted by Crippen LogP contribution is 2.43. The standard InChI is InChI=1S/C53H59NO18/c1-33(55)54-44-41(71-52(54)60)26-53(51(59)61-5,72-47(44)46(69-36(4)58)42(68-35(3)57)31-62-34(2)56)67-32-43-45(63-27-37-18-10-6-11-19-37)48(64-28-38-20-12-7-13-21-38)49(65-29-39-22-14-8-15-23-39)50(70-43)66-30-40-24-16-9-17-25-40/h6-25,41-50H,26-32H2,1-5H3/t41-,42-,43?,44?,45?,46-,47?,48?,49?,50?,53-/m1/s1. The summed E-state index contributed by atoms with van der Waals surface area (Å²) < 4.78 is 74.6. The van der Waals surface area contributed by atoms with Crippen molar-refractivity contribution in [3.63, 3.8) is 0 Å². The summed E-state index contributed by atoms with van der Waals surface area (Å²) in [4.78, 5) is 79.4. The summed E-state index contributed by atoms with van der Waals surface area (Å²) in [6.07, 6.45) is -13.5. The molecule has 3 heterocycles. The van der Waals surface area contributed by atoms with Gasteiger partial charge in [-0.1, -0.05) is 121 Å². The minimum Gasteiger partial charge on any atom is -0.465 e. The lowest BCUT2D eigenvalue weighted by atomic mass is 9.88. The highest BCUT2D eigenvalue weighted by atomic mass is 16.8. The zero-order valence-electron chi connectivity index (χ0n) is 40.6. The summed E-state index contributed by atoms with van der Waals surface area (Å²) >= 11 is 0. The molecular weight excluding hydrogens is 939 g/mol. The molecule has 4 aromatic carbocycles. The van der Waals surface area contributed by atoms with Gasteiger partial charge in [0.2, 0.25) is 5.91 Å². The third kappa shape index (κ3) is 13.7. The van der Waals surface area contributed by atoms with Crippen molar-refractivity contribution in [2.24, 2.45) is 0 Å². The molecule has 2 amide bonds. The quantitative estimate of drug-likeness (QED) is 0.0699. The number of amides is 2. The van der Waals surface area contributed by atoms with E-state index < -0.39 is 122 Å². The van der Waals surface area contributed by atoms with E-state index in [1.54, 1.807) is 0 Å². The molecule has 0 bridgehead atoms. The average molecular weight is 998 g/mol. The monoisotopic (exact) mass is 997 g/mol. The van der Waals surface area contributed by atoms with Crippen molar-refractivity contribution in [1.29, 1.82) is 0 Å². The number of esters is 4. The Kier molecular flexibility index (Phi) is 18.6. The predicted octanol–water partition coefficient (Wildman–Crippen LogP) is 5.52. The van der Waals surface area contributed by atoms with E-state index in [1.807, 2.05) is 121 Å². The van der Waals surface area contributed by atoms with Crippen molar-refractivity contribution in [1.82, 2.24) is 4.90 Å². The van der Waals surface area contributed by atoms with Crippen LogP contribution in [0.15, 0.2) is 121 Å². The maximum Gasteiger partial charge on any atom is 0.417 e. The van der Waals surface area contributed by atoms with Gasteiger partial charge in [0.15, 0.2) is 18.5 Å². The minimum atomic E-state index is -2.54. The van der Waals surface area contributed by atoms with E-state index in [9.17, 15) is 28.8 Å². The molecule has 19 heteroatoms. The molecule has 72 heavy (non-hydrogen) atoms. The second kappa shape index (κ2) is 25.2. The van der Waals surface area contributed by atoms with Crippen LogP contribution in [-0.2, 0) is 107 Å². The van der Waals surface area contributed by atoms with Gasteiger partial charge in [-0.3, -0.25) is 19.2 Å². The molecule has 0 spiro atoms. The first-order valence-electron chi connectivity index (χ1n) is 23.4. The van der Waals surface area contributed by atoms with Crippen LogP contribution in [0, 0.1) is 0 Å². The van der Waals surface area contributed by atoms with Gasteiger partial charge < -0.3 is 56.8 Å². The summed E-state index contributed by atoms with van der Waals surface area (Å²) in [5.74, 6) is -7.07.